The zero-order chi connectivity index (χ0) is 11.8. The van der Waals surface area contributed by atoms with Crippen molar-refractivity contribution in [1.82, 2.24) is 10.6 Å². The molecule has 0 aromatic rings. The first-order chi connectivity index (χ1) is 7.74. The Hall–Kier alpha value is -0.320. The molecule has 1 saturated heterocycles. The second kappa shape index (κ2) is 9.68. The number of unbranched alkanes of at least 4 members (excludes halogenated alkanes) is 1. The molecular formula is C12H25ClN2O2. The van der Waals surface area contributed by atoms with Crippen molar-refractivity contribution in [2.45, 2.75) is 51.7 Å². The molecule has 1 unspecified atom stereocenters. The van der Waals surface area contributed by atoms with Gasteiger partial charge in [0.1, 0.15) is 6.10 Å². The molecular weight excluding hydrogens is 240 g/mol. The second-order valence-electron chi connectivity index (χ2n) is 4.40. The summed E-state index contributed by atoms with van der Waals surface area (Å²) in [5.74, 6) is 0.0306. The lowest BCUT2D eigenvalue weighted by atomic mass is 10.1. The van der Waals surface area contributed by atoms with Crippen LogP contribution >= 0.6 is 12.4 Å². The lowest BCUT2D eigenvalue weighted by Gasteiger charge is -2.25. The fourth-order valence-corrected chi connectivity index (χ4v) is 1.76. The quantitative estimate of drug-likeness (QED) is 0.715. The van der Waals surface area contributed by atoms with Crippen molar-refractivity contribution in [2.24, 2.45) is 0 Å². The summed E-state index contributed by atoms with van der Waals surface area (Å²) < 4.78 is 5.46. The molecule has 0 radical (unpaired) electrons. The van der Waals surface area contributed by atoms with E-state index in [-0.39, 0.29) is 24.4 Å². The van der Waals surface area contributed by atoms with Crippen LogP contribution in [0.3, 0.4) is 0 Å². The third-order valence-electron chi connectivity index (χ3n) is 2.92. The highest BCUT2D eigenvalue weighted by atomic mass is 35.5. The smallest absolute Gasteiger partial charge is 0.249 e. The summed E-state index contributed by atoms with van der Waals surface area (Å²) >= 11 is 0. The van der Waals surface area contributed by atoms with Crippen LogP contribution in [-0.4, -0.2) is 37.7 Å². The number of rotatable bonds is 6. The average molecular weight is 265 g/mol. The first-order valence-electron chi connectivity index (χ1n) is 6.36. The number of hydrogen-bond acceptors (Lipinski definition) is 3. The molecule has 0 aliphatic carbocycles. The number of carbonyl (C=O) groups is 1. The fraction of sp³-hybridized carbons (Fsp3) is 0.917. The summed E-state index contributed by atoms with van der Waals surface area (Å²) in [6, 6.07) is 0.325. The summed E-state index contributed by atoms with van der Waals surface area (Å²) in [6.07, 6.45) is 3.84. The average Bonchev–Trinajstić information content (AvgIpc) is 2.30. The van der Waals surface area contributed by atoms with Gasteiger partial charge in [0.25, 0.3) is 0 Å². The zero-order valence-corrected chi connectivity index (χ0v) is 11.6. The minimum Gasteiger partial charge on any atom is -0.369 e. The van der Waals surface area contributed by atoms with Gasteiger partial charge >= 0.3 is 0 Å². The van der Waals surface area contributed by atoms with Gasteiger partial charge in [0.05, 0.1) is 0 Å². The van der Waals surface area contributed by atoms with Crippen LogP contribution < -0.4 is 10.6 Å². The van der Waals surface area contributed by atoms with E-state index in [4.69, 9.17) is 4.74 Å². The van der Waals surface area contributed by atoms with E-state index in [1.54, 1.807) is 0 Å². The van der Waals surface area contributed by atoms with Gasteiger partial charge in [-0.25, -0.2) is 0 Å². The van der Waals surface area contributed by atoms with E-state index in [9.17, 15) is 4.79 Å². The fourth-order valence-electron chi connectivity index (χ4n) is 1.76. The van der Waals surface area contributed by atoms with E-state index in [2.05, 4.69) is 17.6 Å². The van der Waals surface area contributed by atoms with Crippen molar-refractivity contribution in [2.75, 3.05) is 19.7 Å². The number of hydrogen-bond donors (Lipinski definition) is 2. The van der Waals surface area contributed by atoms with Crippen LogP contribution in [0.4, 0.5) is 0 Å². The Morgan fingerprint density at radius 1 is 1.47 bits per heavy atom. The van der Waals surface area contributed by atoms with Crippen molar-refractivity contribution < 1.29 is 9.53 Å². The molecule has 1 aliphatic rings. The minimum absolute atomic E-state index is 0. The predicted octanol–water partition coefficient (Wildman–Crippen LogP) is 1.48. The van der Waals surface area contributed by atoms with Crippen LogP contribution in [0.2, 0.25) is 0 Å². The first-order valence-corrected chi connectivity index (χ1v) is 6.36. The molecule has 0 aromatic heterocycles. The SMILES string of the molecule is CCCCOC(C)C(=O)NC1CCNCC1.Cl. The molecule has 4 nitrogen and oxygen atoms in total. The topological polar surface area (TPSA) is 50.4 Å². The number of piperidine rings is 1. The minimum atomic E-state index is -0.318. The number of halogens is 1. The number of nitrogens with one attached hydrogen (secondary N) is 2. The monoisotopic (exact) mass is 264 g/mol. The molecule has 0 saturated carbocycles. The van der Waals surface area contributed by atoms with Gasteiger partial charge in [-0.05, 0) is 39.3 Å². The van der Waals surface area contributed by atoms with Crippen molar-refractivity contribution in [3.8, 4) is 0 Å². The largest absolute Gasteiger partial charge is 0.369 e. The standard InChI is InChI=1S/C12H24N2O2.ClH/c1-3-4-9-16-10(2)12(15)14-11-5-7-13-8-6-11;/h10-11,13H,3-9H2,1-2H3,(H,14,15);1H. The Balaban J connectivity index is 0.00000256. The highest BCUT2D eigenvalue weighted by Crippen LogP contribution is 2.03. The first kappa shape index (κ1) is 16.7. The van der Waals surface area contributed by atoms with Crippen LogP contribution in [0.25, 0.3) is 0 Å². The van der Waals surface area contributed by atoms with Crippen LogP contribution in [0.15, 0.2) is 0 Å². The lowest BCUT2D eigenvalue weighted by molar-refractivity contribution is -0.132. The van der Waals surface area contributed by atoms with Crippen LogP contribution in [0.5, 0.6) is 0 Å². The maximum absolute atomic E-state index is 11.7. The Morgan fingerprint density at radius 3 is 2.71 bits per heavy atom. The maximum Gasteiger partial charge on any atom is 0.249 e. The van der Waals surface area contributed by atoms with Crippen LogP contribution in [0.1, 0.15) is 39.5 Å². The van der Waals surface area contributed by atoms with Crippen LogP contribution in [-0.2, 0) is 9.53 Å². The molecule has 5 heteroatoms. The van der Waals surface area contributed by atoms with E-state index >= 15 is 0 Å². The van der Waals surface area contributed by atoms with Gasteiger partial charge in [0.2, 0.25) is 5.91 Å². The number of ether oxygens (including phenoxy) is 1. The van der Waals surface area contributed by atoms with E-state index in [0.717, 1.165) is 38.8 Å². The Kier molecular flexibility index (Phi) is 9.50. The van der Waals surface area contributed by atoms with Crippen molar-refractivity contribution in [3.05, 3.63) is 0 Å². The lowest BCUT2D eigenvalue weighted by Crippen LogP contribution is -2.46. The maximum atomic E-state index is 11.7. The summed E-state index contributed by atoms with van der Waals surface area (Å²) in [6.45, 7) is 6.61. The molecule has 1 fully saturated rings. The summed E-state index contributed by atoms with van der Waals surface area (Å²) in [5.41, 5.74) is 0. The molecule has 102 valence electrons. The van der Waals surface area contributed by atoms with E-state index in [0.29, 0.717) is 12.6 Å². The molecule has 0 spiro atoms. The third-order valence-corrected chi connectivity index (χ3v) is 2.92. The highest BCUT2D eigenvalue weighted by Gasteiger charge is 2.19. The molecule has 1 rings (SSSR count). The molecule has 17 heavy (non-hydrogen) atoms. The Labute approximate surface area is 110 Å². The van der Waals surface area contributed by atoms with Gasteiger partial charge in [-0.2, -0.15) is 0 Å². The summed E-state index contributed by atoms with van der Waals surface area (Å²) in [7, 11) is 0. The van der Waals surface area contributed by atoms with Gasteiger partial charge in [-0.15, -0.1) is 12.4 Å². The Bertz CT molecular complexity index is 209. The van der Waals surface area contributed by atoms with Crippen molar-refractivity contribution >= 4 is 18.3 Å². The van der Waals surface area contributed by atoms with Gasteiger partial charge in [0, 0.05) is 12.6 Å². The molecule has 1 atom stereocenters. The van der Waals surface area contributed by atoms with Gasteiger partial charge in [-0.3, -0.25) is 4.79 Å². The van der Waals surface area contributed by atoms with Gasteiger partial charge in [-0.1, -0.05) is 13.3 Å². The van der Waals surface area contributed by atoms with Crippen LogP contribution in [0, 0.1) is 0 Å². The summed E-state index contributed by atoms with van der Waals surface area (Å²) in [4.78, 5) is 11.7. The normalized spacial score (nSPS) is 18.2. The molecule has 1 amide bonds. The molecule has 1 heterocycles. The Morgan fingerprint density at radius 2 is 2.12 bits per heavy atom. The highest BCUT2D eigenvalue weighted by molar-refractivity contribution is 5.85. The molecule has 0 aromatic carbocycles. The predicted molar refractivity (Wildman–Crippen MR) is 71.6 cm³/mol. The molecule has 0 bridgehead atoms. The van der Waals surface area contributed by atoms with Gasteiger partial charge in [0.15, 0.2) is 0 Å². The number of amides is 1. The molecule has 2 N–H and O–H groups in total. The molecule has 1 aliphatic heterocycles. The van der Waals surface area contributed by atoms with E-state index in [1.165, 1.54) is 0 Å². The van der Waals surface area contributed by atoms with Crippen molar-refractivity contribution in [1.29, 1.82) is 0 Å². The zero-order valence-electron chi connectivity index (χ0n) is 10.8. The second-order valence-corrected chi connectivity index (χ2v) is 4.40. The van der Waals surface area contributed by atoms with Gasteiger partial charge < -0.3 is 15.4 Å². The van der Waals surface area contributed by atoms with E-state index in [1.807, 2.05) is 6.92 Å². The third kappa shape index (κ3) is 6.86. The number of carbonyl (C=O) groups excluding carboxylic acids is 1. The van der Waals surface area contributed by atoms with Crippen molar-refractivity contribution in [3.63, 3.8) is 0 Å². The van der Waals surface area contributed by atoms with E-state index < -0.39 is 0 Å². The summed E-state index contributed by atoms with van der Waals surface area (Å²) in [5, 5.41) is 6.32.